The van der Waals surface area contributed by atoms with E-state index in [1.807, 2.05) is 0 Å². The molecule has 0 radical (unpaired) electrons. The predicted molar refractivity (Wildman–Crippen MR) is 112 cm³/mol. The number of non-ortho nitro benzene ring substituents is 1. The molecule has 1 amide bonds. The van der Waals surface area contributed by atoms with Gasteiger partial charge >= 0.3 is 5.69 Å². The van der Waals surface area contributed by atoms with Crippen LogP contribution in [0.25, 0.3) is 0 Å². The van der Waals surface area contributed by atoms with Gasteiger partial charge in [0, 0.05) is 24.0 Å². The monoisotopic (exact) mass is 437 g/mol. The number of benzene rings is 2. The number of hydrogen-bond acceptors (Lipinski definition) is 9. The smallest absolute Gasteiger partial charge is 0.318 e. The number of nitro benzene ring substituents is 2. The second-order valence-corrected chi connectivity index (χ2v) is 6.11. The Balaban J connectivity index is 1.78. The van der Waals surface area contributed by atoms with Crippen molar-refractivity contribution in [1.82, 2.24) is 10.4 Å². The highest BCUT2D eigenvalue weighted by Gasteiger charge is 2.22. The summed E-state index contributed by atoms with van der Waals surface area (Å²) in [7, 11) is 1.37. The lowest BCUT2D eigenvalue weighted by Gasteiger charge is -2.11. The van der Waals surface area contributed by atoms with Crippen molar-refractivity contribution in [2.24, 2.45) is 5.10 Å². The van der Waals surface area contributed by atoms with Gasteiger partial charge in [-0.25, -0.2) is 5.43 Å². The molecule has 0 aliphatic rings. The normalized spacial score (nSPS) is 10.5. The van der Waals surface area contributed by atoms with Gasteiger partial charge < -0.3 is 9.47 Å². The molecule has 0 spiro atoms. The molecule has 1 aromatic heterocycles. The van der Waals surface area contributed by atoms with Crippen LogP contribution in [-0.4, -0.2) is 34.1 Å². The fourth-order valence-electron chi connectivity index (χ4n) is 2.55. The van der Waals surface area contributed by atoms with Crippen LogP contribution in [0.2, 0.25) is 0 Å². The van der Waals surface area contributed by atoms with E-state index in [0.29, 0.717) is 11.1 Å². The lowest BCUT2D eigenvalue weighted by Crippen LogP contribution is -2.17. The van der Waals surface area contributed by atoms with Gasteiger partial charge in [-0.1, -0.05) is 0 Å². The molecule has 0 aliphatic heterocycles. The third-order valence-electron chi connectivity index (χ3n) is 4.08. The number of nitrogens with one attached hydrogen (secondary N) is 1. The summed E-state index contributed by atoms with van der Waals surface area (Å²) in [5.41, 5.74) is 2.31. The van der Waals surface area contributed by atoms with Gasteiger partial charge in [-0.05, 0) is 42.0 Å². The molecule has 3 aromatic rings. The summed E-state index contributed by atoms with van der Waals surface area (Å²) in [4.78, 5) is 36.4. The van der Waals surface area contributed by atoms with Crippen molar-refractivity contribution in [3.63, 3.8) is 0 Å². The number of hydrogen-bond donors (Lipinski definition) is 1. The van der Waals surface area contributed by atoms with Crippen LogP contribution in [0.5, 0.6) is 17.2 Å². The first-order chi connectivity index (χ1) is 15.4. The fourth-order valence-corrected chi connectivity index (χ4v) is 2.55. The van der Waals surface area contributed by atoms with Crippen LogP contribution in [0, 0.1) is 20.2 Å². The van der Waals surface area contributed by atoms with Crippen LogP contribution in [0.15, 0.2) is 66.0 Å². The quantitative estimate of drug-likeness (QED) is 0.318. The maximum Gasteiger partial charge on any atom is 0.318 e. The predicted octanol–water partition coefficient (Wildman–Crippen LogP) is 3.46. The third kappa shape index (κ3) is 5.18. The zero-order valence-electron chi connectivity index (χ0n) is 16.5. The number of carbonyl (C=O) groups excluding carboxylic acids is 1. The Labute approximate surface area is 180 Å². The van der Waals surface area contributed by atoms with Gasteiger partial charge in [-0.2, -0.15) is 5.10 Å². The molecule has 0 atom stereocenters. The lowest BCUT2D eigenvalue weighted by molar-refractivity contribution is -0.394. The van der Waals surface area contributed by atoms with E-state index in [4.69, 9.17) is 9.47 Å². The van der Waals surface area contributed by atoms with E-state index < -0.39 is 27.1 Å². The summed E-state index contributed by atoms with van der Waals surface area (Å²) in [6.07, 6.45) is 4.34. The van der Waals surface area contributed by atoms with E-state index in [2.05, 4.69) is 15.5 Å². The van der Waals surface area contributed by atoms with Crippen molar-refractivity contribution in [1.29, 1.82) is 0 Å². The first-order valence-corrected chi connectivity index (χ1v) is 8.91. The summed E-state index contributed by atoms with van der Waals surface area (Å²) >= 11 is 0. The zero-order chi connectivity index (χ0) is 23.1. The van der Waals surface area contributed by atoms with Crippen LogP contribution in [0.4, 0.5) is 11.4 Å². The lowest BCUT2D eigenvalue weighted by atomic mass is 10.2. The van der Waals surface area contributed by atoms with E-state index in [1.165, 1.54) is 50.0 Å². The number of ether oxygens (including phenoxy) is 2. The highest BCUT2D eigenvalue weighted by Crippen LogP contribution is 2.38. The van der Waals surface area contributed by atoms with E-state index in [1.54, 1.807) is 6.07 Å². The number of nitrogens with zero attached hydrogens (tertiary/aromatic N) is 4. The molecule has 1 heterocycles. The Morgan fingerprint density at radius 3 is 2.38 bits per heavy atom. The molecule has 12 heteroatoms. The van der Waals surface area contributed by atoms with Gasteiger partial charge in [0.05, 0.1) is 29.2 Å². The van der Waals surface area contributed by atoms with Crippen LogP contribution in [-0.2, 0) is 0 Å². The van der Waals surface area contributed by atoms with Gasteiger partial charge in [0.15, 0.2) is 11.5 Å². The first kappa shape index (κ1) is 21.8. The molecule has 32 heavy (non-hydrogen) atoms. The second-order valence-electron chi connectivity index (χ2n) is 6.11. The Morgan fingerprint density at radius 1 is 1.00 bits per heavy atom. The van der Waals surface area contributed by atoms with E-state index in [9.17, 15) is 25.0 Å². The standard InChI is InChI=1S/C20H15N5O7/c1-31-19-10-13(12-22-23-20(26)14-6-8-21-9-7-14)2-4-18(19)32-17-5-3-15(24(27)28)11-16(17)25(29)30/h2-12H,1H3,(H,23,26)/b22-12+. The van der Waals surface area contributed by atoms with Gasteiger partial charge in [0.1, 0.15) is 0 Å². The Kier molecular flexibility index (Phi) is 6.65. The SMILES string of the molecule is COc1cc(/C=N/NC(=O)c2ccncc2)ccc1Oc1ccc([N+](=O)[O-])cc1[N+](=O)[O-]. The van der Waals surface area contributed by atoms with Crippen LogP contribution in [0.1, 0.15) is 15.9 Å². The molecule has 0 fully saturated rings. The van der Waals surface area contributed by atoms with Crippen molar-refractivity contribution in [2.45, 2.75) is 0 Å². The largest absolute Gasteiger partial charge is 0.493 e. The number of nitro groups is 2. The molecular formula is C20H15N5O7. The summed E-state index contributed by atoms with van der Waals surface area (Å²) < 4.78 is 10.8. The number of amides is 1. The van der Waals surface area contributed by atoms with Crippen molar-refractivity contribution in [3.8, 4) is 17.2 Å². The molecule has 0 bridgehead atoms. The minimum atomic E-state index is -0.776. The number of rotatable bonds is 8. The zero-order valence-corrected chi connectivity index (χ0v) is 16.5. The molecule has 12 nitrogen and oxygen atoms in total. The minimum Gasteiger partial charge on any atom is -0.493 e. The Morgan fingerprint density at radius 2 is 1.72 bits per heavy atom. The Bertz CT molecular complexity index is 1200. The number of methoxy groups -OCH3 is 1. The highest BCUT2D eigenvalue weighted by atomic mass is 16.6. The van der Waals surface area contributed by atoms with Gasteiger partial charge in [-0.3, -0.25) is 30.0 Å². The minimum absolute atomic E-state index is 0.141. The van der Waals surface area contributed by atoms with E-state index in [-0.39, 0.29) is 17.2 Å². The van der Waals surface area contributed by atoms with Crippen LogP contribution < -0.4 is 14.9 Å². The summed E-state index contributed by atoms with van der Waals surface area (Å²) in [5, 5.41) is 26.0. The molecule has 0 unspecified atom stereocenters. The molecule has 1 N–H and O–H groups in total. The molecule has 162 valence electrons. The topological polar surface area (TPSA) is 159 Å². The molecule has 2 aromatic carbocycles. The van der Waals surface area contributed by atoms with Crippen molar-refractivity contribution >= 4 is 23.5 Å². The molecule has 3 rings (SSSR count). The van der Waals surface area contributed by atoms with E-state index >= 15 is 0 Å². The molecule has 0 saturated heterocycles. The highest BCUT2D eigenvalue weighted by molar-refractivity contribution is 5.94. The van der Waals surface area contributed by atoms with Gasteiger partial charge in [0.2, 0.25) is 5.75 Å². The number of carbonyl (C=O) groups is 1. The third-order valence-corrected chi connectivity index (χ3v) is 4.08. The van der Waals surface area contributed by atoms with Crippen molar-refractivity contribution in [3.05, 3.63) is 92.3 Å². The molecule has 0 saturated carbocycles. The van der Waals surface area contributed by atoms with E-state index in [0.717, 1.165) is 18.2 Å². The maximum atomic E-state index is 12.0. The maximum absolute atomic E-state index is 12.0. The summed E-state index contributed by atoms with van der Waals surface area (Å²) in [6, 6.07) is 10.7. The van der Waals surface area contributed by atoms with Gasteiger partial charge in [0.25, 0.3) is 11.6 Å². The fraction of sp³-hybridized carbons (Fsp3) is 0.0500. The average Bonchev–Trinajstić information content (AvgIpc) is 2.80. The van der Waals surface area contributed by atoms with Crippen molar-refractivity contribution < 1.29 is 24.1 Å². The second kappa shape index (κ2) is 9.75. The van der Waals surface area contributed by atoms with Crippen molar-refractivity contribution in [2.75, 3.05) is 7.11 Å². The average molecular weight is 437 g/mol. The van der Waals surface area contributed by atoms with Crippen LogP contribution in [0.3, 0.4) is 0 Å². The molecule has 0 aliphatic carbocycles. The summed E-state index contributed by atoms with van der Waals surface area (Å²) in [5.74, 6) is -0.240. The summed E-state index contributed by atoms with van der Waals surface area (Å²) in [6.45, 7) is 0. The first-order valence-electron chi connectivity index (χ1n) is 8.91. The Hall–Kier alpha value is -4.87. The number of pyridine rings is 1. The number of aromatic nitrogens is 1. The molecular weight excluding hydrogens is 422 g/mol. The van der Waals surface area contributed by atoms with Crippen LogP contribution >= 0.6 is 0 Å². The van der Waals surface area contributed by atoms with Gasteiger partial charge in [-0.15, -0.1) is 0 Å². The number of hydrazone groups is 1.